The van der Waals surface area contributed by atoms with Crippen LogP contribution in [0.25, 0.3) is 17.1 Å². The van der Waals surface area contributed by atoms with Crippen LogP contribution in [0.4, 0.5) is 14.5 Å². The SMILES string of the molecule is Cc1ccc(-c2nnc3n2CCCCC3)cc1NC(=O)c1nn(-c2ccc(F)c(F)c2)c2c1CCC2. The molecule has 3 heterocycles. The van der Waals surface area contributed by atoms with Gasteiger partial charge in [-0.05, 0) is 62.8 Å². The minimum absolute atomic E-state index is 0.313. The van der Waals surface area contributed by atoms with Crippen molar-refractivity contribution < 1.29 is 13.6 Å². The molecule has 0 spiro atoms. The Morgan fingerprint density at radius 3 is 2.69 bits per heavy atom. The minimum atomic E-state index is -0.945. The molecule has 0 radical (unpaired) electrons. The number of carbonyl (C=O) groups is 1. The molecule has 36 heavy (non-hydrogen) atoms. The van der Waals surface area contributed by atoms with Crippen LogP contribution >= 0.6 is 0 Å². The molecule has 1 N–H and O–H groups in total. The summed E-state index contributed by atoms with van der Waals surface area (Å²) in [5.41, 5.74) is 4.92. The van der Waals surface area contributed by atoms with Gasteiger partial charge in [-0.2, -0.15) is 5.10 Å². The maximum atomic E-state index is 13.9. The third-order valence-corrected chi connectivity index (χ3v) is 7.15. The van der Waals surface area contributed by atoms with Gasteiger partial charge in [0.2, 0.25) is 0 Å². The van der Waals surface area contributed by atoms with E-state index in [9.17, 15) is 13.6 Å². The summed E-state index contributed by atoms with van der Waals surface area (Å²) in [6.45, 7) is 2.83. The average molecular weight is 489 g/mol. The van der Waals surface area contributed by atoms with Gasteiger partial charge in [-0.1, -0.05) is 18.6 Å². The van der Waals surface area contributed by atoms with E-state index in [4.69, 9.17) is 0 Å². The molecule has 0 unspecified atom stereocenters. The highest BCUT2D eigenvalue weighted by molar-refractivity contribution is 6.05. The van der Waals surface area contributed by atoms with Gasteiger partial charge in [0.25, 0.3) is 5.91 Å². The summed E-state index contributed by atoms with van der Waals surface area (Å²) in [6.07, 6.45) is 6.64. The van der Waals surface area contributed by atoms with E-state index >= 15 is 0 Å². The van der Waals surface area contributed by atoms with Gasteiger partial charge in [-0.3, -0.25) is 4.79 Å². The van der Waals surface area contributed by atoms with Gasteiger partial charge in [-0.25, -0.2) is 13.5 Å². The second kappa shape index (κ2) is 8.96. The Kier molecular flexibility index (Phi) is 5.62. The number of anilines is 1. The number of aromatic nitrogens is 5. The van der Waals surface area contributed by atoms with Crippen LogP contribution in [0.3, 0.4) is 0 Å². The third-order valence-electron chi connectivity index (χ3n) is 7.15. The molecule has 1 aliphatic heterocycles. The number of carbonyl (C=O) groups excluding carboxylic acids is 1. The van der Waals surface area contributed by atoms with E-state index in [1.165, 1.54) is 12.5 Å². The van der Waals surface area contributed by atoms with Crippen molar-refractivity contribution in [3.05, 3.63) is 76.4 Å². The van der Waals surface area contributed by atoms with E-state index < -0.39 is 11.6 Å². The monoisotopic (exact) mass is 488 g/mol. The number of benzene rings is 2. The summed E-state index contributed by atoms with van der Waals surface area (Å²) in [7, 11) is 0. The Labute approximate surface area is 207 Å². The summed E-state index contributed by atoms with van der Waals surface area (Å²) in [6, 6.07) is 9.56. The van der Waals surface area contributed by atoms with E-state index in [-0.39, 0.29) is 5.91 Å². The molecule has 2 aliphatic rings. The molecule has 2 aromatic heterocycles. The second-order valence-electron chi connectivity index (χ2n) is 9.52. The normalized spacial score (nSPS) is 14.9. The first kappa shape index (κ1) is 22.6. The molecule has 6 rings (SSSR count). The lowest BCUT2D eigenvalue weighted by Gasteiger charge is -2.12. The molecule has 0 fully saturated rings. The van der Waals surface area contributed by atoms with Crippen LogP contribution < -0.4 is 5.32 Å². The highest BCUT2D eigenvalue weighted by Gasteiger charge is 2.28. The van der Waals surface area contributed by atoms with Gasteiger partial charge in [0.05, 0.1) is 5.69 Å². The number of rotatable bonds is 4. The predicted molar refractivity (Wildman–Crippen MR) is 131 cm³/mol. The highest BCUT2D eigenvalue weighted by atomic mass is 19.2. The molecule has 0 atom stereocenters. The van der Waals surface area contributed by atoms with Crippen molar-refractivity contribution >= 4 is 11.6 Å². The number of nitrogens with zero attached hydrogens (tertiary/aromatic N) is 5. The van der Waals surface area contributed by atoms with Crippen LogP contribution in [-0.4, -0.2) is 30.5 Å². The van der Waals surface area contributed by atoms with Gasteiger partial charge < -0.3 is 9.88 Å². The number of halogens is 2. The molecular formula is C27H26F2N6O. The lowest BCUT2D eigenvalue weighted by molar-refractivity contribution is 0.102. The lowest BCUT2D eigenvalue weighted by Crippen LogP contribution is -2.16. The predicted octanol–water partition coefficient (Wildman–Crippen LogP) is 5.18. The Hall–Kier alpha value is -3.88. The van der Waals surface area contributed by atoms with E-state index in [2.05, 4.69) is 25.2 Å². The molecule has 0 bridgehead atoms. The van der Waals surface area contributed by atoms with Crippen LogP contribution in [0, 0.1) is 18.6 Å². The zero-order valence-electron chi connectivity index (χ0n) is 20.0. The fourth-order valence-corrected chi connectivity index (χ4v) is 5.23. The van der Waals surface area contributed by atoms with Crippen molar-refractivity contribution in [3.8, 4) is 17.1 Å². The number of hydrogen-bond acceptors (Lipinski definition) is 4. The molecule has 4 aromatic rings. The third kappa shape index (κ3) is 3.88. The van der Waals surface area contributed by atoms with E-state index in [0.29, 0.717) is 23.5 Å². The summed E-state index contributed by atoms with van der Waals surface area (Å²) in [5, 5.41) is 16.4. The molecule has 0 saturated carbocycles. The van der Waals surface area contributed by atoms with Crippen molar-refractivity contribution in [2.75, 3.05) is 5.32 Å². The maximum absolute atomic E-state index is 13.9. The van der Waals surface area contributed by atoms with Crippen molar-refractivity contribution in [2.45, 2.75) is 58.4 Å². The van der Waals surface area contributed by atoms with Crippen molar-refractivity contribution in [2.24, 2.45) is 0 Å². The largest absolute Gasteiger partial charge is 0.320 e. The summed E-state index contributed by atoms with van der Waals surface area (Å²) < 4.78 is 31.1. The molecular weight excluding hydrogens is 462 g/mol. The van der Waals surface area contributed by atoms with Crippen LogP contribution in [-0.2, 0) is 25.8 Å². The first-order valence-electron chi connectivity index (χ1n) is 12.4. The standard InChI is InChI=1S/C27H26F2N6O/c1-16-9-10-17(26-32-31-24-8-3-2-4-13-34(24)26)14-22(16)30-27(36)25-19-6-5-7-23(19)35(33-25)18-11-12-20(28)21(29)15-18/h9-12,14-15H,2-8,13H2,1H3,(H,30,36). The van der Waals surface area contributed by atoms with Gasteiger partial charge in [0.1, 0.15) is 5.82 Å². The Morgan fingerprint density at radius 1 is 0.944 bits per heavy atom. The molecule has 9 heteroatoms. The highest BCUT2D eigenvalue weighted by Crippen LogP contribution is 2.31. The van der Waals surface area contributed by atoms with Gasteiger partial charge in [-0.15, -0.1) is 10.2 Å². The summed E-state index contributed by atoms with van der Waals surface area (Å²) in [4.78, 5) is 13.4. The van der Waals surface area contributed by atoms with Gasteiger partial charge >= 0.3 is 0 Å². The van der Waals surface area contributed by atoms with Crippen molar-refractivity contribution in [1.29, 1.82) is 0 Å². The molecule has 1 amide bonds. The lowest BCUT2D eigenvalue weighted by atomic mass is 10.1. The van der Waals surface area contributed by atoms with Crippen LogP contribution in [0.1, 0.15) is 58.8 Å². The minimum Gasteiger partial charge on any atom is -0.320 e. The zero-order valence-corrected chi connectivity index (χ0v) is 20.0. The first-order chi connectivity index (χ1) is 17.5. The number of aryl methyl sites for hydroxylation is 2. The Bertz CT molecular complexity index is 1490. The smallest absolute Gasteiger partial charge is 0.276 e. The number of amides is 1. The molecule has 184 valence electrons. The van der Waals surface area contributed by atoms with Crippen LogP contribution in [0.5, 0.6) is 0 Å². The summed E-state index contributed by atoms with van der Waals surface area (Å²) >= 11 is 0. The Balaban J connectivity index is 1.32. The van der Waals surface area contributed by atoms with E-state index in [1.54, 1.807) is 4.68 Å². The molecule has 1 aliphatic carbocycles. The van der Waals surface area contributed by atoms with E-state index in [1.807, 2.05) is 25.1 Å². The van der Waals surface area contributed by atoms with Gasteiger partial charge in [0.15, 0.2) is 23.2 Å². The van der Waals surface area contributed by atoms with Gasteiger partial charge in [0, 0.05) is 41.5 Å². The average Bonchev–Trinajstić information content (AvgIpc) is 3.54. The molecule has 7 nitrogen and oxygen atoms in total. The van der Waals surface area contributed by atoms with Crippen LogP contribution in [0.15, 0.2) is 36.4 Å². The van der Waals surface area contributed by atoms with E-state index in [0.717, 1.165) is 84.8 Å². The fraction of sp³-hybridized carbons (Fsp3) is 0.333. The first-order valence-corrected chi connectivity index (χ1v) is 12.4. The van der Waals surface area contributed by atoms with Crippen molar-refractivity contribution in [1.82, 2.24) is 24.5 Å². The summed E-state index contributed by atoms with van der Waals surface area (Å²) in [5.74, 6) is -0.368. The van der Waals surface area contributed by atoms with Crippen molar-refractivity contribution in [3.63, 3.8) is 0 Å². The molecule has 0 saturated heterocycles. The number of nitrogens with one attached hydrogen (secondary N) is 1. The fourth-order valence-electron chi connectivity index (χ4n) is 5.23. The topological polar surface area (TPSA) is 77.6 Å². The second-order valence-corrected chi connectivity index (χ2v) is 9.52. The Morgan fingerprint density at radius 2 is 1.83 bits per heavy atom. The quantitative estimate of drug-likeness (QED) is 0.429. The zero-order chi connectivity index (χ0) is 24.8. The number of hydrogen-bond donors (Lipinski definition) is 1. The maximum Gasteiger partial charge on any atom is 0.276 e. The number of fused-ring (bicyclic) bond motifs is 2. The van der Waals surface area contributed by atoms with Crippen LogP contribution in [0.2, 0.25) is 0 Å². The molecule has 2 aromatic carbocycles.